The van der Waals surface area contributed by atoms with Crippen LogP contribution in [0.4, 0.5) is 11.4 Å². The molecule has 0 radical (unpaired) electrons. The molecule has 0 atom stereocenters. The number of esters is 1. The summed E-state index contributed by atoms with van der Waals surface area (Å²) in [5, 5.41) is 11.0. The Morgan fingerprint density at radius 3 is 2.56 bits per heavy atom. The van der Waals surface area contributed by atoms with Crippen LogP contribution in [0.3, 0.4) is 0 Å². The van der Waals surface area contributed by atoms with Gasteiger partial charge in [-0.05, 0) is 24.6 Å². The van der Waals surface area contributed by atoms with Crippen LogP contribution in [0.5, 0.6) is 0 Å². The monoisotopic (exact) mass is 364 g/mol. The predicted octanol–water partition coefficient (Wildman–Crippen LogP) is 2.63. The van der Waals surface area contributed by atoms with Crippen molar-refractivity contribution < 1.29 is 22.9 Å². The van der Waals surface area contributed by atoms with E-state index < -0.39 is 26.7 Å². The lowest BCUT2D eigenvalue weighted by Crippen LogP contribution is -2.17. The smallest absolute Gasteiger partial charge is 0.337 e. The lowest BCUT2D eigenvalue weighted by Gasteiger charge is -2.12. The van der Waals surface area contributed by atoms with Gasteiger partial charge in [-0.1, -0.05) is 24.3 Å². The van der Waals surface area contributed by atoms with Crippen LogP contribution >= 0.6 is 0 Å². The third-order valence-electron chi connectivity index (χ3n) is 3.46. The molecule has 0 aliphatic carbocycles. The topological polar surface area (TPSA) is 116 Å². The van der Waals surface area contributed by atoms with Gasteiger partial charge in [0, 0.05) is 11.6 Å². The number of aryl methyl sites for hydroxylation is 1. The minimum atomic E-state index is -3.92. The highest BCUT2D eigenvalue weighted by atomic mass is 32.2. The van der Waals surface area contributed by atoms with E-state index in [4.69, 9.17) is 0 Å². The first-order valence-electron chi connectivity index (χ1n) is 7.15. The first-order chi connectivity index (χ1) is 11.7. The van der Waals surface area contributed by atoms with Gasteiger partial charge >= 0.3 is 5.97 Å². The molecule has 1 N–H and O–H groups in total. The Hall–Kier alpha value is -2.94. The number of methoxy groups -OCH3 is 1. The van der Waals surface area contributed by atoms with Gasteiger partial charge < -0.3 is 4.74 Å². The zero-order valence-electron chi connectivity index (χ0n) is 13.6. The van der Waals surface area contributed by atoms with Crippen molar-refractivity contribution in [1.29, 1.82) is 0 Å². The summed E-state index contributed by atoms with van der Waals surface area (Å²) < 4.78 is 31.8. The summed E-state index contributed by atoms with van der Waals surface area (Å²) in [6, 6.07) is 10.1. The first kappa shape index (κ1) is 18.4. The average Bonchev–Trinajstić information content (AvgIpc) is 2.55. The normalized spacial score (nSPS) is 11.0. The summed E-state index contributed by atoms with van der Waals surface area (Å²) in [5.74, 6) is -1.16. The number of carbonyl (C=O) groups is 1. The van der Waals surface area contributed by atoms with Crippen molar-refractivity contribution in [3.05, 3.63) is 69.3 Å². The molecule has 2 aromatic rings. The third-order valence-corrected chi connectivity index (χ3v) is 4.68. The average molecular weight is 364 g/mol. The molecular formula is C16H16N2O6S. The highest BCUT2D eigenvalue weighted by molar-refractivity contribution is 7.91. The van der Waals surface area contributed by atoms with Crippen molar-refractivity contribution in [3.63, 3.8) is 0 Å². The number of nitrogens with one attached hydrogen (secondary N) is 1. The van der Waals surface area contributed by atoms with Gasteiger partial charge in [0.2, 0.25) is 10.0 Å². The summed E-state index contributed by atoms with van der Waals surface area (Å²) in [4.78, 5) is 22.0. The van der Waals surface area contributed by atoms with Crippen molar-refractivity contribution in [2.24, 2.45) is 0 Å². The van der Waals surface area contributed by atoms with Gasteiger partial charge in [0.05, 0.1) is 23.3 Å². The maximum atomic E-state index is 12.4. The van der Waals surface area contributed by atoms with Crippen LogP contribution in [0.15, 0.2) is 42.5 Å². The molecule has 0 heterocycles. The van der Waals surface area contributed by atoms with Gasteiger partial charge in [0.1, 0.15) is 5.75 Å². The molecule has 0 saturated carbocycles. The molecule has 0 fully saturated rings. The Bertz CT molecular complexity index is 924. The first-order valence-corrected chi connectivity index (χ1v) is 8.80. The molecule has 9 heteroatoms. The number of rotatable bonds is 6. The number of nitro benzene ring substituents is 1. The van der Waals surface area contributed by atoms with Crippen molar-refractivity contribution in [1.82, 2.24) is 0 Å². The molecule has 8 nitrogen and oxygen atoms in total. The van der Waals surface area contributed by atoms with Gasteiger partial charge in [0.15, 0.2) is 0 Å². The van der Waals surface area contributed by atoms with E-state index in [9.17, 15) is 23.3 Å². The van der Waals surface area contributed by atoms with Crippen molar-refractivity contribution >= 4 is 27.4 Å². The number of para-hydroxylation sites is 1. The molecule has 0 bridgehead atoms. The lowest BCUT2D eigenvalue weighted by atomic mass is 10.1. The van der Waals surface area contributed by atoms with Crippen LogP contribution in [0, 0.1) is 17.0 Å². The van der Waals surface area contributed by atoms with Crippen molar-refractivity contribution in [2.45, 2.75) is 12.7 Å². The second-order valence-corrected chi connectivity index (χ2v) is 6.99. The van der Waals surface area contributed by atoms with E-state index in [-0.39, 0.29) is 22.5 Å². The van der Waals surface area contributed by atoms with Crippen molar-refractivity contribution in [2.75, 3.05) is 11.8 Å². The van der Waals surface area contributed by atoms with E-state index >= 15 is 0 Å². The van der Waals surface area contributed by atoms with Crippen LogP contribution in [0.25, 0.3) is 0 Å². The number of nitrogens with zero attached hydrogens (tertiary/aromatic N) is 1. The third kappa shape index (κ3) is 4.54. The Labute approximate surface area is 144 Å². The zero-order valence-corrected chi connectivity index (χ0v) is 14.4. The standard InChI is InChI=1S/C16H16N2O6S/c1-11-7-8-12(16(19)24-2)9-14(11)17-25(22,23)10-13-5-3-4-6-15(13)18(20)21/h3-9,17H,10H2,1-2H3. The number of hydrogen-bond acceptors (Lipinski definition) is 6. The number of anilines is 1. The predicted molar refractivity (Wildman–Crippen MR) is 91.9 cm³/mol. The molecule has 0 unspecified atom stereocenters. The summed E-state index contributed by atoms with van der Waals surface area (Å²) in [5.41, 5.74) is 0.798. The second-order valence-electron chi connectivity index (χ2n) is 5.27. The molecule has 0 aromatic heterocycles. The molecular weight excluding hydrogens is 348 g/mol. The van der Waals surface area contributed by atoms with Gasteiger partial charge in [-0.3, -0.25) is 14.8 Å². The number of benzene rings is 2. The highest BCUT2D eigenvalue weighted by Gasteiger charge is 2.21. The number of sulfonamides is 1. The quantitative estimate of drug-likeness (QED) is 0.478. The molecule has 2 rings (SSSR count). The van der Waals surface area contributed by atoms with Gasteiger partial charge in [-0.2, -0.15) is 0 Å². The van der Waals surface area contributed by atoms with Gasteiger partial charge in [-0.15, -0.1) is 0 Å². The van der Waals surface area contributed by atoms with Gasteiger partial charge in [0.25, 0.3) is 5.69 Å². The van der Waals surface area contributed by atoms with E-state index in [0.29, 0.717) is 5.56 Å². The molecule has 2 aromatic carbocycles. The number of nitro groups is 1. The molecule has 0 saturated heterocycles. The van der Waals surface area contributed by atoms with Gasteiger partial charge in [-0.25, -0.2) is 13.2 Å². The lowest BCUT2D eigenvalue weighted by molar-refractivity contribution is -0.385. The van der Waals surface area contributed by atoms with Crippen LogP contribution in [0.2, 0.25) is 0 Å². The molecule has 0 spiro atoms. The van der Waals surface area contributed by atoms with E-state index in [1.54, 1.807) is 13.0 Å². The Kier molecular flexibility index (Phi) is 5.38. The van der Waals surface area contributed by atoms with E-state index in [0.717, 1.165) is 0 Å². The molecule has 0 amide bonds. The summed E-state index contributed by atoms with van der Waals surface area (Å²) >= 11 is 0. The van der Waals surface area contributed by atoms with Crippen LogP contribution in [-0.2, 0) is 20.5 Å². The van der Waals surface area contributed by atoms with Crippen molar-refractivity contribution in [3.8, 4) is 0 Å². The van der Waals surface area contributed by atoms with E-state index in [2.05, 4.69) is 9.46 Å². The summed E-state index contributed by atoms with van der Waals surface area (Å²) in [7, 11) is -2.70. The minimum Gasteiger partial charge on any atom is -0.465 e. The largest absolute Gasteiger partial charge is 0.465 e. The maximum Gasteiger partial charge on any atom is 0.337 e. The highest BCUT2D eigenvalue weighted by Crippen LogP contribution is 2.23. The second kappa shape index (κ2) is 7.31. The number of ether oxygens (including phenoxy) is 1. The molecule has 25 heavy (non-hydrogen) atoms. The maximum absolute atomic E-state index is 12.4. The fourth-order valence-electron chi connectivity index (χ4n) is 2.20. The molecule has 0 aliphatic heterocycles. The minimum absolute atomic E-state index is 0.0711. The van der Waals surface area contributed by atoms with Crippen LogP contribution < -0.4 is 4.72 Å². The van der Waals surface area contributed by atoms with E-state index in [1.807, 2.05) is 0 Å². The Morgan fingerprint density at radius 1 is 1.24 bits per heavy atom. The number of carbonyl (C=O) groups excluding carboxylic acids is 1. The summed E-state index contributed by atoms with van der Waals surface area (Å²) in [6.07, 6.45) is 0. The van der Waals surface area contributed by atoms with Crippen LogP contribution in [-0.4, -0.2) is 26.4 Å². The SMILES string of the molecule is COC(=O)c1ccc(C)c(NS(=O)(=O)Cc2ccccc2[N+](=O)[O-])c1. The zero-order chi connectivity index (χ0) is 18.6. The van der Waals surface area contributed by atoms with Crippen LogP contribution in [0.1, 0.15) is 21.5 Å². The fourth-order valence-corrected chi connectivity index (χ4v) is 3.48. The summed E-state index contributed by atoms with van der Waals surface area (Å²) in [6.45, 7) is 1.67. The molecule has 0 aliphatic rings. The fraction of sp³-hybridized carbons (Fsp3) is 0.188. The Morgan fingerprint density at radius 2 is 1.92 bits per heavy atom. The Balaban J connectivity index is 2.31. The van der Waals surface area contributed by atoms with E-state index in [1.165, 1.54) is 43.5 Å². The molecule has 132 valence electrons. The number of hydrogen-bond donors (Lipinski definition) is 1.